The van der Waals surface area contributed by atoms with E-state index in [1.54, 1.807) is 0 Å². The van der Waals surface area contributed by atoms with E-state index in [-0.39, 0.29) is 12.1 Å². The van der Waals surface area contributed by atoms with Crippen molar-refractivity contribution < 1.29 is 0 Å². The Morgan fingerprint density at radius 3 is 1.07 bits per heavy atom. The second-order valence-corrected chi connectivity index (χ2v) is 7.22. The molecule has 1 aliphatic heterocycles. The molecular weight excluding hydrogens is 352 g/mol. The molecule has 4 aromatic rings. The van der Waals surface area contributed by atoms with Gasteiger partial charge in [0.1, 0.15) is 0 Å². The quantitative estimate of drug-likeness (QED) is 0.403. The molecule has 0 spiro atoms. The first kappa shape index (κ1) is 17.6. The predicted molar refractivity (Wildman–Crippen MR) is 119 cm³/mol. The van der Waals surface area contributed by atoms with Crippen LogP contribution in [0.2, 0.25) is 0 Å². The van der Waals surface area contributed by atoms with Crippen LogP contribution < -0.4 is 9.80 Å². The first-order valence-electron chi connectivity index (χ1n) is 9.96. The van der Waals surface area contributed by atoms with E-state index in [0.29, 0.717) is 0 Å². The molecule has 5 rings (SSSR count). The van der Waals surface area contributed by atoms with Crippen molar-refractivity contribution in [2.75, 3.05) is 9.80 Å². The summed E-state index contributed by atoms with van der Waals surface area (Å²) in [4.78, 5) is 4.56. The van der Waals surface area contributed by atoms with Crippen LogP contribution in [-0.2, 0) is 0 Å². The fourth-order valence-electron chi connectivity index (χ4n) is 4.10. The summed E-state index contributed by atoms with van der Waals surface area (Å²) in [5.74, 6) is 0. The number of hydrogen-bond acceptors (Lipinski definition) is 2. The van der Waals surface area contributed by atoms with Crippen molar-refractivity contribution in [3.8, 4) is 0 Å². The van der Waals surface area contributed by atoms with Crippen LogP contribution in [0.25, 0.3) is 0 Å². The van der Waals surface area contributed by atoms with Gasteiger partial charge in [0, 0.05) is 11.4 Å². The highest BCUT2D eigenvalue weighted by Crippen LogP contribution is 2.49. The molecule has 2 heteroatoms. The standard InChI is InChI=1S/C27H22N2/c1-5-13-22(14-6-1)26-27(23-15-7-2-8-16-23)29(25-19-11-4-12-20-25)21-28(26)24-17-9-3-10-18-24/h1-20,26-27H. The van der Waals surface area contributed by atoms with Gasteiger partial charge < -0.3 is 9.80 Å². The van der Waals surface area contributed by atoms with Gasteiger partial charge in [-0.15, -0.1) is 0 Å². The number of benzene rings is 4. The second-order valence-electron chi connectivity index (χ2n) is 7.22. The van der Waals surface area contributed by atoms with Crippen molar-refractivity contribution >= 4 is 11.4 Å². The number of nitrogens with zero attached hydrogens (tertiary/aromatic N) is 2. The molecule has 2 atom stereocenters. The Morgan fingerprint density at radius 1 is 0.414 bits per heavy atom. The summed E-state index contributed by atoms with van der Waals surface area (Å²) < 4.78 is 0. The third-order valence-electron chi connectivity index (χ3n) is 5.42. The van der Waals surface area contributed by atoms with Crippen molar-refractivity contribution in [1.82, 2.24) is 0 Å². The predicted octanol–water partition coefficient (Wildman–Crippen LogP) is 6.49. The van der Waals surface area contributed by atoms with E-state index in [9.17, 15) is 0 Å². The lowest BCUT2D eigenvalue weighted by atomic mass is 9.92. The summed E-state index contributed by atoms with van der Waals surface area (Å²) in [6.45, 7) is 3.69. The number of para-hydroxylation sites is 2. The minimum Gasteiger partial charge on any atom is -0.332 e. The summed E-state index contributed by atoms with van der Waals surface area (Å²) in [6.07, 6.45) is 0. The van der Waals surface area contributed by atoms with Crippen LogP contribution in [0.5, 0.6) is 0 Å². The lowest BCUT2D eigenvalue weighted by Crippen LogP contribution is -2.23. The Bertz CT molecular complexity index is 946. The highest BCUT2D eigenvalue weighted by Gasteiger charge is 2.43. The minimum atomic E-state index is 0.112. The molecule has 140 valence electrons. The summed E-state index contributed by atoms with van der Waals surface area (Å²) in [7, 11) is 0. The van der Waals surface area contributed by atoms with E-state index in [2.05, 4.69) is 138 Å². The molecule has 1 fully saturated rings. The molecule has 1 saturated heterocycles. The van der Waals surface area contributed by atoms with Crippen LogP contribution in [0, 0.1) is 6.67 Å². The summed E-state index contributed by atoms with van der Waals surface area (Å²) in [5, 5.41) is 0. The molecule has 0 amide bonds. The normalized spacial score (nSPS) is 18.8. The summed E-state index contributed by atoms with van der Waals surface area (Å²) in [5.41, 5.74) is 4.83. The molecule has 0 aliphatic carbocycles. The lowest BCUT2D eigenvalue weighted by molar-refractivity contribution is 0.618. The van der Waals surface area contributed by atoms with E-state index in [4.69, 9.17) is 0 Å². The topological polar surface area (TPSA) is 6.48 Å². The molecule has 2 unspecified atom stereocenters. The molecule has 29 heavy (non-hydrogen) atoms. The molecule has 0 saturated carbocycles. The monoisotopic (exact) mass is 374 g/mol. The Kier molecular flexibility index (Phi) is 4.75. The van der Waals surface area contributed by atoms with Crippen LogP contribution >= 0.6 is 0 Å². The maximum atomic E-state index is 3.69. The van der Waals surface area contributed by atoms with Crippen LogP contribution in [-0.4, -0.2) is 0 Å². The van der Waals surface area contributed by atoms with Crippen molar-refractivity contribution in [2.24, 2.45) is 0 Å². The van der Waals surface area contributed by atoms with Crippen molar-refractivity contribution in [3.05, 3.63) is 139 Å². The van der Waals surface area contributed by atoms with E-state index in [1.807, 2.05) is 0 Å². The van der Waals surface area contributed by atoms with Crippen LogP contribution in [0.3, 0.4) is 0 Å². The van der Waals surface area contributed by atoms with Gasteiger partial charge in [0.2, 0.25) is 6.67 Å². The van der Waals surface area contributed by atoms with Crippen molar-refractivity contribution in [3.63, 3.8) is 0 Å². The largest absolute Gasteiger partial charge is 0.332 e. The number of rotatable bonds is 4. The Hall–Kier alpha value is -3.52. The van der Waals surface area contributed by atoms with E-state index in [1.165, 1.54) is 11.1 Å². The SMILES string of the molecule is [C]1N(c2ccccc2)C(c2ccccc2)C(c2ccccc2)N1c1ccccc1. The average Bonchev–Trinajstić information content (AvgIpc) is 3.22. The highest BCUT2D eigenvalue weighted by atomic mass is 15.4. The number of hydrogen-bond donors (Lipinski definition) is 0. The van der Waals surface area contributed by atoms with E-state index < -0.39 is 0 Å². The zero-order valence-corrected chi connectivity index (χ0v) is 16.1. The fraction of sp³-hybridized carbons (Fsp3) is 0.0741. The van der Waals surface area contributed by atoms with Gasteiger partial charge in [-0.1, -0.05) is 97.1 Å². The zero-order chi connectivity index (χ0) is 19.5. The molecule has 0 N–H and O–H groups in total. The zero-order valence-electron chi connectivity index (χ0n) is 16.1. The van der Waals surface area contributed by atoms with Gasteiger partial charge in [0.15, 0.2) is 0 Å². The Labute approximate surface area is 172 Å². The van der Waals surface area contributed by atoms with E-state index >= 15 is 0 Å². The summed E-state index contributed by atoms with van der Waals surface area (Å²) in [6, 6.07) is 42.8. The lowest BCUT2D eigenvalue weighted by Gasteiger charge is -2.30. The minimum absolute atomic E-state index is 0.112. The van der Waals surface area contributed by atoms with Crippen LogP contribution in [0.15, 0.2) is 121 Å². The Morgan fingerprint density at radius 2 is 0.724 bits per heavy atom. The number of anilines is 2. The van der Waals surface area contributed by atoms with Crippen LogP contribution in [0.1, 0.15) is 23.2 Å². The second kappa shape index (κ2) is 7.84. The van der Waals surface area contributed by atoms with Gasteiger partial charge in [-0.3, -0.25) is 0 Å². The third-order valence-corrected chi connectivity index (χ3v) is 5.42. The van der Waals surface area contributed by atoms with Gasteiger partial charge in [0.05, 0.1) is 12.1 Å². The first-order chi connectivity index (χ1) is 14.4. The third kappa shape index (κ3) is 3.38. The highest BCUT2D eigenvalue weighted by molar-refractivity contribution is 5.63. The molecule has 2 radical (unpaired) electrons. The molecule has 1 heterocycles. The molecular formula is C27H22N2. The first-order valence-corrected chi connectivity index (χ1v) is 9.96. The van der Waals surface area contributed by atoms with Gasteiger partial charge in [-0.25, -0.2) is 0 Å². The fourth-order valence-corrected chi connectivity index (χ4v) is 4.10. The molecule has 2 nitrogen and oxygen atoms in total. The maximum absolute atomic E-state index is 3.69. The molecule has 0 aromatic heterocycles. The van der Waals surface area contributed by atoms with Gasteiger partial charge in [-0.2, -0.15) is 0 Å². The van der Waals surface area contributed by atoms with E-state index in [0.717, 1.165) is 11.4 Å². The van der Waals surface area contributed by atoms with Crippen LogP contribution in [0.4, 0.5) is 11.4 Å². The smallest absolute Gasteiger partial charge is 0.210 e. The van der Waals surface area contributed by atoms with Crippen molar-refractivity contribution in [2.45, 2.75) is 12.1 Å². The molecule has 0 bridgehead atoms. The van der Waals surface area contributed by atoms with Crippen molar-refractivity contribution in [1.29, 1.82) is 0 Å². The maximum Gasteiger partial charge on any atom is 0.210 e. The molecule has 1 aliphatic rings. The summed E-state index contributed by atoms with van der Waals surface area (Å²) >= 11 is 0. The van der Waals surface area contributed by atoms with Gasteiger partial charge in [-0.05, 0) is 35.4 Å². The Balaban J connectivity index is 1.69. The average molecular weight is 374 g/mol. The van der Waals surface area contributed by atoms with Gasteiger partial charge in [0.25, 0.3) is 0 Å². The van der Waals surface area contributed by atoms with Gasteiger partial charge >= 0.3 is 0 Å². The molecule has 4 aromatic carbocycles.